The molecule has 0 saturated carbocycles. The zero-order valence-corrected chi connectivity index (χ0v) is 12.6. The lowest BCUT2D eigenvalue weighted by molar-refractivity contribution is -0.274. The van der Waals surface area contributed by atoms with Crippen LogP contribution in [0.2, 0.25) is 0 Å². The number of alkyl halides is 3. The van der Waals surface area contributed by atoms with E-state index >= 15 is 0 Å². The molecular weight excluding hydrogens is 352 g/mol. The summed E-state index contributed by atoms with van der Waals surface area (Å²) in [6.07, 6.45) is -4.97. The smallest absolute Gasteiger partial charge is 0.406 e. The maximum Gasteiger partial charge on any atom is 0.573 e. The third-order valence-corrected chi connectivity index (χ3v) is 3.21. The molecule has 0 aromatic heterocycles. The van der Waals surface area contributed by atoms with Crippen molar-refractivity contribution < 1.29 is 35.9 Å². The number of amides is 1. The predicted octanol–water partition coefficient (Wildman–Crippen LogP) is 4.49. The van der Waals surface area contributed by atoms with E-state index in [-0.39, 0.29) is 5.56 Å². The maximum atomic E-state index is 13.8. The van der Waals surface area contributed by atoms with Gasteiger partial charge in [0.05, 0.1) is 11.6 Å². The molecular formula is C16H11F6NO2. The second-order valence-corrected chi connectivity index (χ2v) is 5.03. The van der Waals surface area contributed by atoms with Gasteiger partial charge in [-0.3, -0.25) is 4.79 Å². The lowest BCUT2D eigenvalue weighted by Crippen LogP contribution is -2.28. The predicted molar refractivity (Wildman–Crippen MR) is 75.3 cm³/mol. The van der Waals surface area contributed by atoms with Crippen molar-refractivity contribution in [3.8, 4) is 5.75 Å². The summed E-state index contributed by atoms with van der Waals surface area (Å²) in [5.74, 6) is -5.26. The molecule has 0 aliphatic heterocycles. The molecule has 1 amide bonds. The third kappa shape index (κ3) is 4.65. The summed E-state index contributed by atoms with van der Waals surface area (Å²) < 4.78 is 80.9. The summed E-state index contributed by atoms with van der Waals surface area (Å²) in [5, 5.41) is 2.19. The topological polar surface area (TPSA) is 38.3 Å². The van der Waals surface area contributed by atoms with E-state index in [1.54, 1.807) is 0 Å². The average Bonchev–Trinajstić information content (AvgIpc) is 2.50. The lowest BCUT2D eigenvalue weighted by atomic mass is 10.1. The Morgan fingerprint density at radius 3 is 2.40 bits per heavy atom. The molecule has 1 atom stereocenters. The van der Waals surface area contributed by atoms with Crippen LogP contribution in [0, 0.1) is 17.5 Å². The first-order valence-electron chi connectivity index (χ1n) is 6.88. The van der Waals surface area contributed by atoms with Gasteiger partial charge in [0.1, 0.15) is 11.6 Å². The molecule has 1 N–H and O–H groups in total. The molecule has 0 spiro atoms. The van der Waals surface area contributed by atoms with Crippen LogP contribution in [0.4, 0.5) is 26.3 Å². The van der Waals surface area contributed by atoms with Crippen LogP contribution in [-0.4, -0.2) is 12.3 Å². The SMILES string of the molecule is C[C@@H](NC(=O)c1cccc(F)c1F)c1cc(OC(F)(F)F)ccc1F. The van der Waals surface area contributed by atoms with Crippen LogP contribution in [0.1, 0.15) is 28.9 Å². The molecule has 3 nitrogen and oxygen atoms in total. The minimum Gasteiger partial charge on any atom is -0.406 e. The Morgan fingerprint density at radius 2 is 1.76 bits per heavy atom. The van der Waals surface area contributed by atoms with Crippen LogP contribution < -0.4 is 10.1 Å². The number of nitrogens with one attached hydrogen (secondary N) is 1. The van der Waals surface area contributed by atoms with Gasteiger partial charge in [0, 0.05) is 5.56 Å². The molecule has 2 rings (SSSR count). The minimum absolute atomic E-state index is 0.313. The van der Waals surface area contributed by atoms with Crippen LogP contribution in [0.5, 0.6) is 5.75 Å². The fourth-order valence-corrected chi connectivity index (χ4v) is 2.08. The molecule has 0 fully saturated rings. The van der Waals surface area contributed by atoms with E-state index < -0.39 is 47.1 Å². The first-order chi connectivity index (χ1) is 11.6. The number of halogens is 6. The van der Waals surface area contributed by atoms with E-state index in [2.05, 4.69) is 10.1 Å². The van der Waals surface area contributed by atoms with Gasteiger partial charge in [0.2, 0.25) is 0 Å². The van der Waals surface area contributed by atoms with Crippen molar-refractivity contribution in [2.45, 2.75) is 19.3 Å². The Balaban J connectivity index is 2.22. The van der Waals surface area contributed by atoms with Crippen molar-refractivity contribution in [1.29, 1.82) is 0 Å². The van der Waals surface area contributed by atoms with E-state index in [1.807, 2.05) is 0 Å². The van der Waals surface area contributed by atoms with Crippen molar-refractivity contribution >= 4 is 5.91 Å². The van der Waals surface area contributed by atoms with Crippen LogP contribution in [0.15, 0.2) is 36.4 Å². The van der Waals surface area contributed by atoms with Gasteiger partial charge >= 0.3 is 6.36 Å². The Bertz CT molecular complexity index is 791. The van der Waals surface area contributed by atoms with Crippen molar-refractivity contribution in [1.82, 2.24) is 5.32 Å². The summed E-state index contributed by atoms with van der Waals surface area (Å²) in [4.78, 5) is 12.0. The molecule has 0 radical (unpaired) electrons. The highest BCUT2D eigenvalue weighted by Gasteiger charge is 2.31. The Hall–Kier alpha value is -2.71. The van der Waals surface area contributed by atoms with Crippen molar-refractivity contribution in [3.05, 3.63) is 65.0 Å². The molecule has 25 heavy (non-hydrogen) atoms. The first kappa shape index (κ1) is 18.6. The highest BCUT2D eigenvalue weighted by molar-refractivity contribution is 5.94. The number of hydrogen-bond acceptors (Lipinski definition) is 2. The zero-order valence-electron chi connectivity index (χ0n) is 12.6. The van der Waals surface area contributed by atoms with Gasteiger partial charge < -0.3 is 10.1 Å². The number of hydrogen-bond donors (Lipinski definition) is 1. The van der Waals surface area contributed by atoms with Crippen LogP contribution >= 0.6 is 0 Å². The van der Waals surface area contributed by atoms with Gasteiger partial charge in [-0.05, 0) is 37.3 Å². The number of benzene rings is 2. The van der Waals surface area contributed by atoms with Gasteiger partial charge in [-0.1, -0.05) is 6.07 Å². The molecule has 2 aromatic rings. The zero-order chi connectivity index (χ0) is 18.8. The summed E-state index contributed by atoms with van der Waals surface area (Å²) in [5.41, 5.74) is -0.929. The molecule has 0 aliphatic carbocycles. The normalized spacial score (nSPS) is 12.6. The van der Waals surface area contributed by atoms with Gasteiger partial charge in [-0.25, -0.2) is 13.2 Å². The first-order valence-corrected chi connectivity index (χ1v) is 6.88. The number of carbonyl (C=O) groups excluding carboxylic acids is 1. The summed E-state index contributed by atoms with van der Waals surface area (Å²) in [7, 11) is 0. The van der Waals surface area contributed by atoms with Gasteiger partial charge in [-0.2, -0.15) is 0 Å². The van der Waals surface area contributed by atoms with E-state index in [4.69, 9.17) is 0 Å². The highest BCUT2D eigenvalue weighted by Crippen LogP contribution is 2.27. The molecule has 2 aromatic carbocycles. The number of carbonyl (C=O) groups is 1. The molecule has 0 unspecified atom stereocenters. The van der Waals surface area contributed by atoms with Gasteiger partial charge in [-0.15, -0.1) is 13.2 Å². The van der Waals surface area contributed by atoms with Crippen LogP contribution in [0.3, 0.4) is 0 Å². The second kappa shape index (κ2) is 7.04. The van der Waals surface area contributed by atoms with Gasteiger partial charge in [0.25, 0.3) is 5.91 Å². The quantitative estimate of drug-likeness (QED) is 0.813. The molecule has 0 heterocycles. The highest BCUT2D eigenvalue weighted by atomic mass is 19.4. The summed E-state index contributed by atoms with van der Waals surface area (Å²) in [6.45, 7) is 1.27. The summed E-state index contributed by atoms with van der Waals surface area (Å²) in [6, 6.07) is 4.07. The fourth-order valence-electron chi connectivity index (χ4n) is 2.08. The van der Waals surface area contributed by atoms with E-state index in [1.165, 1.54) is 6.92 Å². The molecule has 0 bridgehead atoms. The van der Waals surface area contributed by atoms with Crippen LogP contribution in [-0.2, 0) is 0 Å². The van der Waals surface area contributed by atoms with Crippen molar-refractivity contribution in [2.24, 2.45) is 0 Å². The number of ether oxygens (including phenoxy) is 1. The number of rotatable bonds is 4. The minimum atomic E-state index is -4.97. The van der Waals surface area contributed by atoms with Gasteiger partial charge in [0.15, 0.2) is 11.6 Å². The average molecular weight is 363 g/mol. The van der Waals surface area contributed by atoms with E-state index in [0.717, 1.165) is 36.4 Å². The standard InChI is InChI=1S/C16H11F6NO2/c1-8(23-15(24)10-3-2-4-13(18)14(10)19)11-7-9(5-6-12(11)17)25-16(20,21)22/h2-8H,1H3,(H,23,24)/t8-/m1/s1. The van der Waals surface area contributed by atoms with Crippen molar-refractivity contribution in [3.63, 3.8) is 0 Å². The van der Waals surface area contributed by atoms with Crippen LogP contribution in [0.25, 0.3) is 0 Å². The Morgan fingerprint density at radius 1 is 1.08 bits per heavy atom. The lowest BCUT2D eigenvalue weighted by Gasteiger charge is -2.17. The molecule has 0 saturated heterocycles. The van der Waals surface area contributed by atoms with E-state index in [9.17, 15) is 31.1 Å². The summed E-state index contributed by atoms with van der Waals surface area (Å²) >= 11 is 0. The Labute approximate surface area is 138 Å². The monoisotopic (exact) mass is 363 g/mol. The molecule has 134 valence electrons. The Kier molecular flexibility index (Phi) is 5.24. The van der Waals surface area contributed by atoms with Crippen molar-refractivity contribution in [2.75, 3.05) is 0 Å². The molecule has 0 aliphatic rings. The molecule has 9 heteroatoms. The maximum absolute atomic E-state index is 13.8. The van der Waals surface area contributed by atoms with E-state index in [0.29, 0.717) is 0 Å². The third-order valence-electron chi connectivity index (χ3n) is 3.21. The largest absolute Gasteiger partial charge is 0.573 e. The second-order valence-electron chi connectivity index (χ2n) is 5.03. The fraction of sp³-hybridized carbons (Fsp3) is 0.188.